The van der Waals surface area contributed by atoms with E-state index in [0.29, 0.717) is 10.6 Å². The fraction of sp³-hybridized carbons (Fsp3) is 0.273. The van der Waals surface area contributed by atoms with Crippen molar-refractivity contribution in [2.45, 2.75) is 19.8 Å². The first-order valence-electron chi connectivity index (χ1n) is 9.65. The molecule has 5 nitrogen and oxygen atoms in total. The van der Waals surface area contributed by atoms with E-state index in [1.165, 1.54) is 12.8 Å². The Kier molecular flexibility index (Phi) is 5.74. The minimum atomic E-state index is -0.399. The maximum absolute atomic E-state index is 12.4. The highest BCUT2D eigenvalue weighted by molar-refractivity contribution is 7.80. The van der Waals surface area contributed by atoms with Gasteiger partial charge in [0.2, 0.25) is 0 Å². The van der Waals surface area contributed by atoms with E-state index in [9.17, 15) is 4.79 Å². The Bertz CT molecular complexity index is 1020. The molecule has 0 radical (unpaired) electrons. The van der Waals surface area contributed by atoms with Crippen LogP contribution in [0.15, 0.2) is 52.9 Å². The van der Waals surface area contributed by atoms with Crippen LogP contribution in [0.3, 0.4) is 0 Å². The highest BCUT2D eigenvalue weighted by Crippen LogP contribution is 2.31. The molecule has 1 aromatic heterocycles. The van der Waals surface area contributed by atoms with Crippen LogP contribution in [0.2, 0.25) is 5.02 Å². The van der Waals surface area contributed by atoms with Gasteiger partial charge in [-0.2, -0.15) is 0 Å². The average molecular weight is 428 g/mol. The molecule has 0 unspecified atom stereocenters. The summed E-state index contributed by atoms with van der Waals surface area (Å²) in [6, 6.07) is 14.9. The molecule has 3 aromatic rings. The molecule has 150 valence electrons. The van der Waals surface area contributed by atoms with Crippen molar-refractivity contribution < 1.29 is 9.21 Å². The van der Waals surface area contributed by atoms with Gasteiger partial charge in [0.05, 0.1) is 10.7 Å². The zero-order chi connectivity index (χ0) is 20.4. The monoisotopic (exact) mass is 427 g/mol. The molecule has 0 atom stereocenters. The molecule has 0 bridgehead atoms. The molecule has 0 saturated carbocycles. The molecule has 2 N–H and O–H groups in total. The highest BCUT2D eigenvalue weighted by Gasteiger charge is 2.18. The van der Waals surface area contributed by atoms with Gasteiger partial charge in [0.1, 0.15) is 5.58 Å². The molecule has 2 heterocycles. The Morgan fingerprint density at radius 2 is 1.93 bits per heavy atom. The second-order valence-electron chi connectivity index (χ2n) is 7.39. The van der Waals surface area contributed by atoms with Crippen molar-refractivity contribution in [3.05, 3.63) is 59.3 Å². The van der Waals surface area contributed by atoms with E-state index in [-0.39, 0.29) is 10.9 Å². The van der Waals surface area contributed by atoms with E-state index < -0.39 is 5.91 Å². The maximum atomic E-state index is 12.4. The van der Waals surface area contributed by atoms with Crippen molar-refractivity contribution in [1.29, 1.82) is 0 Å². The van der Waals surface area contributed by atoms with E-state index in [1.54, 1.807) is 6.07 Å². The summed E-state index contributed by atoms with van der Waals surface area (Å²) in [5, 5.41) is 7.37. The Hall–Kier alpha value is -2.57. The number of rotatable bonds is 3. The number of carbonyl (C=O) groups is 1. The lowest BCUT2D eigenvalue weighted by Gasteiger charge is -2.32. The van der Waals surface area contributed by atoms with Gasteiger partial charge >= 0.3 is 0 Å². The van der Waals surface area contributed by atoms with Crippen LogP contribution in [0.5, 0.6) is 0 Å². The fourth-order valence-corrected chi connectivity index (χ4v) is 4.02. The van der Waals surface area contributed by atoms with E-state index in [1.807, 2.05) is 42.5 Å². The van der Waals surface area contributed by atoms with Crippen molar-refractivity contribution in [2.24, 2.45) is 5.92 Å². The van der Waals surface area contributed by atoms with E-state index >= 15 is 0 Å². The predicted octanol–water partition coefficient (Wildman–Crippen LogP) is 5.45. The molecule has 0 aliphatic carbocycles. The first-order chi connectivity index (χ1) is 14.0. The molecule has 1 aliphatic heterocycles. The maximum Gasteiger partial charge on any atom is 0.293 e. The van der Waals surface area contributed by atoms with Crippen molar-refractivity contribution in [2.75, 3.05) is 23.3 Å². The third kappa shape index (κ3) is 4.54. The standard InChI is InChI=1S/C22H22ClN3O2S/c1-14-8-10-26(11-9-14)18-7-6-16(13-17(18)23)24-22(29)25-21(27)20-12-15-4-2-3-5-19(15)28-20/h2-7,12-14H,8-11H2,1H3,(H2,24,25,27,29). The fourth-order valence-electron chi connectivity index (χ4n) is 3.51. The molecule has 29 heavy (non-hydrogen) atoms. The zero-order valence-corrected chi connectivity index (χ0v) is 17.6. The Morgan fingerprint density at radius 1 is 1.17 bits per heavy atom. The number of carbonyl (C=O) groups excluding carboxylic acids is 1. The van der Waals surface area contributed by atoms with Crippen molar-refractivity contribution in [1.82, 2.24) is 5.32 Å². The number of anilines is 2. The van der Waals surface area contributed by atoms with Crippen LogP contribution >= 0.6 is 23.8 Å². The molecule has 1 saturated heterocycles. The number of fused-ring (bicyclic) bond motifs is 1. The summed E-state index contributed by atoms with van der Waals surface area (Å²) in [5.74, 6) is 0.575. The highest BCUT2D eigenvalue weighted by atomic mass is 35.5. The second-order valence-corrected chi connectivity index (χ2v) is 8.21. The SMILES string of the molecule is CC1CCN(c2ccc(NC(=S)NC(=O)c3cc4ccccc4o3)cc2Cl)CC1. The van der Waals surface area contributed by atoms with E-state index in [4.69, 9.17) is 28.2 Å². The normalized spacial score (nSPS) is 14.8. The van der Waals surface area contributed by atoms with Gasteiger partial charge in [0.25, 0.3) is 5.91 Å². The minimum Gasteiger partial charge on any atom is -0.451 e. The molecule has 1 aliphatic rings. The zero-order valence-electron chi connectivity index (χ0n) is 16.1. The quantitative estimate of drug-likeness (QED) is 0.544. The van der Waals surface area contributed by atoms with Crippen LogP contribution in [0.25, 0.3) is 11.0 Å². The summed E-state index contributed by atoms with van der Waals surface area (Å²) in [6.07, 6.45) is 2.35. The van der Waals surface area contributed by atoms with Crippen molar-refractivity contribution in [3.63, 3.8) is 0 Å². The predicted molar refractivity (Wildman–Crippen MR) is 122 cm³/mol. The second kappa shape index (κ2) is 8.43. The number of amides is 1. The molecule has 2 aromatic carbocycles. The number of halogens is 1. The van der Waals surface area contributed by atoms with Gasteiger partial charge in [-0.1, -0.05) is 36.7 Å². The molecule has 4 rings (SSSR count). The smallest absolute Gasteiger partial charge is 0.293 e. The topological polar surface area (TPSA) is 57.5 Å². The molecule has 1 fully saturated rings. The Balaban J connectivity index is 1.39. The molecular weight excluding hydrogens is 406 g/mol. The average Bonchev–Trinajstić information content (AvgIpc) is 3.13. The third-order valence-corrected chi connectivity index (χ3v) is 5.71. The van der Waals surface area contributed by atoms with Gasteiger partial charge in [-0.05, 0) is 61.3 Å². The lowest BCUT2D eigenvalue weighted by molar-refractivity contribution is 0.0953. The van der Waals surface area contributed by atoms with Crippen molar-refractivity contribution >= 4 is 57.2 Å². The number of thiocarbonyl (C=S) groups is 1. The van der Waals surface area contributed by atoms with Gasteiger partial charge in [-0.25, -0.2) is 0 Å². The lowest BCUT2D eigenvalue weighted by Crippen LogP contribution is -2.34. The summed E-state index contributed by atoms with van der Waals surface area (Å²) >= 11 is 11.8. The number of hydrogen-bond donors (Lipinski definition) is 2. The van der Waals surface area contributed by atoms with Crippen LogP contribution in [0.4, 0.5) is 11.4 Å². The lowest BCUT2D eigenvalue weighted by atomic mass is 9.99. The molecule has 7 heteroatoms. The first-order valence-corrected chi connectivity index (χ1v) is 10.4. The number of benzene rings is 2. The Labute approximate surface area is 180 Å². The van der Waals surface area contributed by atoms with Crippen LogP contribution in [0.1, 0.15) is 30.3 Å². The molecule has 0 spiro atoms. The molecular formula is C22H22ClN3O2S. The summed E-state index contributed by atoms with van der Waals surface area (Å²) in [6.45, 7) is 4.31. The number of hydrogen-bond acceptors (Lipinski definition) is 4. The molecule has 1 amide bonds. The van der Waals surface area contributed by atoms with E-state index in [0.717, 1.165) is 35.8 Å². The first kappa shape index (κ1) is 19.7. The number of para-hydroxylation sites is 1. The summed E-state index contributed by atoms with van der Waals surface area (Å²) in [4.78, 5) is 14.7. The Morgan fingerprint density at radius 3 is 2.66 bits per heavy atom. The van der Waals surface area contributed by atoms with Crippen LogP contribution in [0, 0.1) is 5.92 Å². The van der Waals surface area contributed by atoms with Gasteiger partial charge in [-0.3, -0.25) is 10.1 Å². The van der Waals surface area contributed by atoms with Crippen LogP contribution in [-0.4, -0.2) is 24.1 Å². The summed E-state index contributed by atoms with van der Waals surface area (Å²) in [5.41, 5.74) is 2.41. The number of piperidine rings is 1. The van der Waals surface area contributed by atoms with E-state index in [2.05, 4.69) is 22.5 Å². The van der Waals surface area contributed by atoms with Gasteiger partial charge in [0, 0.05) is 24.2 Å². The van der Waals surface area contributed by atoms with Gasteiger partial charge < -0.3 is 14.6 Å². The van der Waals surface area contributed by atoms with Gasteiger partial charge in [0.15, 0.2) is 10.9 Å². The van der Waals surface area contributed by atoms with Crippen LogP contribution in [-0.2, 0) is 0 Å². The largest absolute Gasteiger partial charge is 0.451 e. The third-order valence-electron chi connectivity index (χ3n) is 5.21. The number of furan rings is 1. The minimum absolute atomic E-state index is 0.186. The van der Waals surface area contributed by atoms with Gasteiger partial charge in [-0.15, -0.1) is 0 Å². The summed E-state index contributed by atoms with van der Waals surface area (Å²) in [7, 11) is 0. The van der Waals surface area contributed by atoms with Crippen molar-refractivity contribution in [3.8, 4) is 0 Å². The number of nitrogens with zero attached hydrogens (tertiary/aromatic N) is 1. The summed E-state index contributed by atoms with van der Waals surface area (Å²) < 4.78 is 5.56. The van der Waals surface area contributed by atoms with Crippen LogP contribution < -0.4 is 15.5 Å². The number of nitrogens with one attached hydrogen (secondary N) is 2.